The van der Waals surface area contributed by atoms with Crippen LogP contribution in [0.15, 0.2) is 24.3 Å². The van der Waals surface area contributed by atoms with E-state index in [1.54, 1.807) is 0 Å². The van der Waals surface area contributed by atoms with Crippen LogP contribution in [0.25, 0.3) is 0 Å². The number of carbonyl (C=O) groups is 2. The van der Waals surface area contributed by atoms with Crippen molar-refractivity contribution in [3.8, 4) is 0 Å². The van der Waals surface area contributed by atoms with E-state index in [1.807, 2.05) is 29.2 Å². The van der Waals surface area contributed by atoms with Gasteiger partial charge in [-0.15, -0.1) is 0 Å². The van der Waals surface area contributed by atoms with Crippen LogP contribution in [0.4, 0.5) is 4.79 Å². The fourth-order valence-electron chi connectivity index (χ4n) is 3.66. The maximum Gasteiger partial charge on any atom is 0.317 e. The summed E-state index contributed by atoms with van der Waals surface area (Å²) in [6.45, 7) is 6.42. The molecule has 1 heterocycles. The maximum absolute atomic E-state index is 12.7. The standard InChI is InChI=1S/C18H25N3O3/c1-18(2)11-21(9-8-20(18)3)17(24)19-15-10-14(16(22)23)12-6-4-5-7-13(12)15/h4-7,14-15H,8-11H2,1-3H3,(H,19,24)(H,22,23). The molecule has 6 heteroatoms. The van der Waals surface area contributed by atoms with Crippen LogP contribution < -0.4 is 5.32 Å². The van der Waals surface area contributed by atoms with Gasteiger partial charge in [0, 0.05) is 25.2 Å². The van der Waals surface area contributed by atoms with E-state index in [1.165, 1.54) is 0 Å². The van der Waals surface area contributed by atoms with Crippen molar-refractivity contribution in [2.45, 2.75) is 37.8 Å². The summed E-state index contributed by atoms with van der Waals surface area (Å²) >= 11 is 0. The number of nitrogens with zero attached hydrogens (tertiary/aromatic N) is 2. The van der Waals surface area contributed by atoms with Gasteiger partial charge >= 0.3 is 12.0 Å². The van der Waals surface area contributed by atoms with Crippen molar-refractivity contribution in [2.75, 3.05) is 26.7 Å². The molecule has 1 fully saturated rings. The zero-order chi connectivity index (χ0) is 17.5. The highest BCUT2D eigenvalue weighted by atomic mass is 16.4. The van der Waals surface area contributed by atoms with Gasteiger partial charge in [0.25, 0.3) is 0 Å². The highest BCUT2D eigenvalue weighted by Gasteiger charge is 2.38. The molecule has 1 aromatic rings. The van der Waals surface area contributed by atoms with Crippen molar-refractivity contribution in [1.82, 2.24) is 15.1 Å². The molecule has 1 aliphatic carbocycles. The maximum atomic E-state index is 12.7. The first kappa shape index (κ1) is 16.8. The number of rotatable bonds is 2. The molecule has 2 N–H and O–H groups in total. The summed E-state index contributed by atoms with van der Waals surface area (Å²) in [6.07, 6.45) is 0.414. The van der Waals surface area contributed by atoms with Crippen LogP contribution in [0.3, 0.4) is 0 Å². The van der Waals surface area contributed by atoms with Crippen LogP contribution in [0.1, 0.15) is 43.4 Å². The molecule has 2 unspecified atom stereocenters. The number of likely N-dealkylation sites (N-methyl/N-ethyl adjacent to an activating group) is 1. The van der Waals surface area contributed by atoms with Gasteiger partial charge in [-0.1, -0.05) is 24.3 Å². The predicted octanol–water partition coefficient (Wildman–Crippen LogP) is 2.04. The second-order valence-corrected chi connectivity index (χ2v) is 7.41. The fraction of sp³-hybridized carbons (Fsp3) is 0.556. The molecule has 3 rings (SSSR count). The van der Waals surface area contributed by atoms with Gasteiger partial charge in [0.05, 0.1) is 12.0 Å². The molecule has 6 nitrogen and oxygen atoms in total. The molecular weight excluding hydrogens is 306 g/mol. The molecule has 0 spiro atoms. The topological polar surface area (TPSA) is 72.9 Å². The van der Waals surface area contributed by atoms with Crippen LogP contribution in [0.5, 0.6) is 0 Å². The predicted molar refractivity (Wildman–Crippen MR) is 91.0 cm³/mol. The van der Waals surface area contributed by atoms with Crippen molar-refractivity contribution in [3.63, 3.8) is 0 Å². The SMILES string of the molecule is CN1CCN(C(=O)NC2CC(C(=O)O)c3ccccc32)CC1(C)C. The fourth-order valence-corrected chi connectivity index (χ4v) is 3.66. The molecule has 0 aromatic heterocycles. The first-order chi connectivity index (χ1) is 11.3. The number of amides is 2. The number of nitrogens with one attached hydrogen (secondary N) is 1. The number of hydrogen-bond donors (Lipinski definition) is 2. The first-order valence-corrected chi connectivity index (χ1v) is 8.38. The van der Waals surface area contributed by atoms with Crippen LogP contribution in [0, 0.1) is 0 Å². The molecule has 0 bridgehead atoms. The second-order valence-electron chi connectivity index (χ2n) is 7.41. The molecule has 2 atom stereocenters. The van der Waals surface area contributed by atoms with E-state index in [-0.39, 0.29) is 17.6 Å². The van der Waals surface area contributed by atoms with Gasteiger partial charge in [-0.3, -0.25) is 9.69 Å². The van der Waals surface area contributed by atoms with Crippen molar-refractivity contribution in [2.24, 2.45) is 0 Å². The van der Waals surface area contributed by atoms with Crippen molar-refractivity contribution in [3.05, 3.63) is 35.4 Å². The number of carboxylic acid groups (broad SMARTS) is 1. The van der Waals surface area contributed by atoms with E-state index in [2.05, 4.69) is 31.1 Å². The third kappa shape index (κ3) is 2.98. The van der Waals surface area contributed by atoms with Gasteiger partial charge in [0.2, 0.25) is 0 Å². The van der Waals surface area contributed by atoms with Gasteiger partial charge in [-0.25, -0.2) is 4.79 Å². The summed E-state index contributed by atoms with van der Waals surface area (Å²) in [5.41, 5.74) is 1.67. The van der Waals surface area contributed by atoms with E-state index >= 15 is 0 Å². The molecule has 1 aromatic carbocycles. The number of carboxylic acids is 1. The smallest absolute Gasteiger partial charge is 0.317 e. The Bertz CT molecular complexity index is 659. The number of urea groups is 1. The largest absolute Gasteiger partial charge is 0.481 e. The third-order valence-corrected chi connectivity index (χ3v) is 5.42. The van der Waals surface area contributed by atoms with Crippen LogP contribution >= 0.6 is 0 Å². The highest BCUT2D eigenvalue weighted by Crippen LogP contribution is 2.40. The molecule has 1 aliphatic heterocycles. The van der Waals surface area contributed by atoms with Crippen LogP contribution in [0.2, 0.25) is 0 Å². The van der Waals surface area contributed by atoms with Gasteiger partial charge < -0.3 is 15.3 Å². The van der Waals surface area contributed by atoms with E-state index in [0.717, 1.165) is 17.7 Å². The number of fused-ring (bicyclic) bond motifs is 1. The molecule has 2 aliphatic rings. The lowest BCUT2D eigenvalue weighted by atomic mass is 10.00. The van der Waals surface area contributed by atoms with E-state index in [9.17, 15) is 14.7 Å². The third-order valence-electron chi connectivity index (χ3n) is 5.42. The van der Waals surface area contributed by atoms with Crippen molar-refractivity contribution in [1.29, 1.82) is 0 Å². The normalized spacial score (nSPS) is 26.0. The first-order valence-electron chi connectivity index (χ1n) is 8.38. The number of piperazine rings is 1. The van der Waals surface area contributed by atoms with Gasteiger partial charge in [-0.05, 0) is 38.4 Å². The van der Waals surface area contributed by atoms with Gasteiger partial charge in [-0.2, -0.15) is 0 Å². The molecule has 24 heavy (non-hydrogen) atoms. The second kappa shape index (κ2) is 6.09. The van der Waals surface area contributed by atoms with Crippen molar-refractivity contribution < 1.29 is 14.7 Å². The molecule has 0 saturated carbocycles. The molecule has 1 saturated heterocycles. The molecular formula is C18H25N3O3. The lowest BCUT2D eigenvalue weighted by Crippen LogP contribution is -2.60. The van der Waals surface area contributed by atoms with E-state index < -0.39 is 11.9 Å². The number of benzene rings is 1. The quantitative estimate of drug-likeness (QED) is 0.870. The zero-order valence-electron chi connectivity index (χ0n) is 14.5. The number of hydrogen-bond acceptors (Lipinski definition) is 3. The summed E-state index contributed by atoms with van der Waals surface area (Å²) in [5.74, 6) is -1.38. The Balaban J connectivity index is 1.73. The summed E-state index contributed by atoms with van der Waals surface area (Å²) in [4.78, 5) is 28.3. The average molecular weight is 331 g/mol. The Morgan fingerprint density at radius 1 is 1.21 bits per heavy atom. The minimum Gasteiger partial charge on any atom is -0.481 e. The minimum atomic E-state index is -0.833. The van der Waals surface area contributed by atoms with Gasteiger partial charge in [0.15, 0.2) is 0 Å². The summed E-state index contributed by atoms with van der Waals surface area (Å²) in [5, 5.41) is 12.5. The average Bonchev–Trinajstić information content (AvgIpc) is 2.89. The van der Waals surface area contributed by atoms with E-state index in [4.69, 9.17) is 0 Å². The Kier molecular flexibility index (Phi) is 4.25. The Hall–Kier alpha value is -2.08. The Labute approximate surface area is 142 Å². The highest BCUT2D eigenvalue weighted by molar-refractivity contribution is 5.80. The lowest BCUT2D eigenvalue weighted by Gasteiger charge is -2.45. The Morgan fingerprint density at radius 3 is 2.50 bits per heavy atom. The number of carbonyl (C=O) groups excluding carboxylic acids is 1. The zero-order valence-corrected chi connectivity index (χ0v) is 14.5. The van der Waals surface area contributed by atoms with E-state index in [0.29, 0.717) is 19.5 Å². The molecule has 130 valence electrons. The van der Waals surface area contributed by atoms with Crippen LogP contribution in [-0.2, 0) is 4.79 Å². The van der Waals surface area contributed by atoms with Gasteiger partial charge in [0.1, 0.15) is 0 Å². The summed E-state index contributed by atoms with van der Waals surface area (Å²) in [6, 6.07) is 7.15. The monoisotopic (exact) mass is 331 g/mol. The van der Waals surface area contributed by atoms with Crippen molar-refractivity contribution >= 4 is 12.0 Å². The number of aliphatic carboxylic acids is 1. The minimum absolute atomic E-state index is 0.0627. The van der Waals surface area contributed by atoms with Crippen LogP contribution in [-0.4, -0.2) is 59.1 Å². The summed E-state index contributed by atoms with van der Waals surface area (Å²) < 4.78 is 0. The Morgan fingerprint density at radius 2 is 1.88 bits per heavy atom. The lowest BCUT2D eigenvalue weighted by molar-refractivity contribution is -0.138. The summed E-state index contributed by atoms with van der Waals surface area (Å²) in [7, 11) is 2.07. The molecule has 2 amide bonds. The molecule has 0 radical (unpaired) electrons.